The van der Waals surface area contributed by atoms with Crippen LogP contribution in [0.5, 0.6) is 0 Å². The molecule has 1 fully saturated rings. The summed E-state index contributed by atoms with van der Waals surface area (Å²) in [5, 5.41) is 2.85. The van der Waals surface area contributed by atoms with Crippen LogP contribution in [0, 0.1) is 0 Å². The predicted molar refractivity (Wildman–Crippen MR) is 86.6 cm³/mol. The number of fused-ring (bicyclic) bond motifs is 1. The van der Waals surface area contributed by atoms with E-state index in [0.29, 0.717) is 38.5 Å². The van der Waals surface area contributed by atoms with Gasteiger partial charge in [-0.2, -0.15) is 8.75 Å². The quantitative estimate of drug-likeness (QED) is 0.907. The van der Waals surface area contributed by atoms with Crippen LogP contribution in [0.1, 0.15) is 6.92 Å². The zero-order valence-corrected chi connectivity index (χ0v) is 13.5. The Balaban J connectivity index is 1.56. The molecule has 0 bridgehead atoms. The molecular weight excluding hydrogens is 318 g/mol. The standard InChI is InChI=1S/C14H17N5O3S/c1-2-22-14(21)19-7-5-18(6-8-19)13(20)15-10-3-4-11-12(9-10)17-23-16-11/h3-4,9H,2,5-8H2,1H3,(H,15,20). The van der Waals surface area contributed by atoms with Gasteiger partial charge in [0.1, 0.15) is 11.0 Å². The summed E-state index contributed by atoms with van der Waals surface area (Å²) < 4.78 is 13.2. The fourth-order valence-corrected chi connectivity index (χ4v) is 2.89. The maximum atomic E-state index is 12.3. The van der Waals surface area contributed by atoms with Crippen molar-refractivity contribution in [3.05, 3.63) is 18.2 Å². The third-order valence-corrected chi connectivity index (χ3v) is 4.15. The molecule has 1 N–H and O–H groups in total. The highest BCUT2D eigenvalue weighted by molar-refractivity contribution is 7.00. The van der Waals surface area contributed by atoms with Gasteiger partial charge in [-0.25, -0.2) is 9.59 Å². The van der Waals surface area contributed by atoms with Gasteiger partial charge in [-0.1, -0.05) is 0 Å². The van der Waals surface area contributed by atoms with Crippen molar-refractivity contribution in [2.75, 3.05) is 38.1 Å². The summed E-state index contributed by atoms with van der Waals surface area (Å²) in [5.74, 6) is 0. The Morgan fingerprint density at radius 3 is 2.61 bits per heavy atom. The van der Waals surface area contributed by atoms with Crippen LogP contribution in [0.25, 0.3) is 11.0 Å². The summed E-state index contributed by atoms with van der Waals surface area (Å²) in [5.41, 5.74) is 2.26. The number of nitrogens with zero attached hydrogens (tertiary/aromatic N) is 4. The molecule has 23 heavy (non-hydrogen) atoms. The Morgan fingerprint density at radius 2 is 1.87 bits per heavy atom. The van der Waals surface area contributed by atoms with Crippen LogP contribution >= 0.6 is 11.7 Å². The molecule has 1 aromatic heterocycles. The highest BCUT2D eigenvalue weighted by Gasteiger charge is 2.24. The molecule has 0 unspecified atom stereocenters. The van der Waals surface area contributed by atoms with Crippen LogP contribution in [0.2, 0.25) is 0 Å². The molecule has 1 saturated heterocycles. The Kier molecular flexibility index (Phi) is 4.56. The zero-order chi connectivity index (χ0) is 16.2. The first-order valence-corrected chi connectivity index (χ1v) is 8.10. The number of carbonyl (C=O) groups excluding carboxylic acids is 2. The maximum absolute atomic E-state index is 12.3. The van der Waals surface area contributed by atoms with Crippen LogP contribution in [-0.4, -0.2) is 63.5 Å². The van der Waals surface area contributed by atoms with E-state index in [4.69, 9.17) is 4.74 Å². The second-order valence-corrected chi connectivity index (χ2v) is 5.60. The Morgan fingerprint density at radius 1 is 1.17 bits per heavy atom. The number of benzene rings is 1. The zero-order valence-electron chi connectivity index (χ0n) is 12.7. The van der Waals surface area contributed by atoms with Crippen molar-refractivity contribution in [3.8, 4) is 0 Å². The first-order chi connectivity index (χ1) is 11.2. The third-order valence-electron chi connectivity index (χ3n) is 3.60. The van der Waals surface area contributed by atoms with Crippen molar-refractivity contribution in [1.29, 1.82) is 0 Å². The number of anilines is 1. The molecule has 1 aliphatic rings. The molecule has 0 saturated carbocycles. The summed E-state index contributed by atoms with van der Waals surface area (Å²) in [7, 11) is 0. The van der Waals surface area contributed by atoms with Crippen molar-refractivity contribution < 1.29 is 14.3 Å². The number of hydrogen-bond donors (Lipinski definition) is 1. The second kappa shape index (κ2) is 6.78. The van der Waals surface area contributed by atoms with Crippen molar-refractivity contribution in [1.82, 2.24) is 18.5 Å². The van der Waals surface area contributed by atoms with Gasteiger partial charge in [0.25, 0.3) is 0 Å². The second-order valence-electron chi connectivity index (χ2n) is 5.07. The molecule has 0 aliphatic carbocycles. The van der Waals surface area contributed by atoms with Crippen LogP contribution in [0.15, 0.2) is 18.2 Å². The van der Waals surface area contributed by atoms with Crippen LogP contribution in [0.4, 0.5) is 15.3 Å². The smallest absolute Gasteiger partial charge is 0.409 e. The molecule has 2 aromatic rings. The maximum Gasteiger partial charge on any atom is 0.409 e. The molecule has 3 rings (SSSR count). The Labute approximate surface area is 137 Å². The molecule has 0 atom stereocenters. The van der Waals surface area contributed by atoms with Crippen molar-refractivity contribution in [2.45, 2.75) is 6.92 Å². The van der Waals surface area contributed by atoms with Crippen molar-refractivity contribution >= 4 is 40.6 Å². The highest BCUT2D eigenvalue weighted by atomic mass is 32.1. The molecule has 0 radical (unpaired) electrons. The van der Waals surface area contributed by atoms with Gasteiger partial charge in [-0.05, 0) is 25.1 Å². The molecule has 9 heteroatoms. The molecule has 1 aliphatic heterocycles. The minimum atomic E-state index is -0.325. The lowest BCUT2D eigenvalue weighted by molar-refractivity contribution is 0.0868. The van der Waals surface area contributed by atoms with Gasteiger partial charge in [-0.15, -0.1) is 0 Å². The van der Waals surface area contributed by atoms with Crippen LogP contribution in [-0.2, 0) is 4.74 Å². The summed E-state index contributed by atoms with van der Waals surface area (Å²) in [6.45, 7) is 4.03. The topological polar surface area (TPSA) is 87.7 Å². The average molecular weight is 335 g/mol. The van der Waals surface area contributed by atoms with E-state index < -0.39 is 0 Å². The lowest BCUT2D eigenvalue weighted by atomic mass is 10.3. The summed E-state index contributed by atoms with van der Waals surface area (Å²) in [4.78, 5) is 27.2. The molecule has 1 aromatic carbocycles. The minimum absolute atomic E-state index is 0.184. The molecule has 3 amide bonds. The molecule has 122 valence electrons. The summed E-state index contributed by atoms with van der Waals surface area (Å²) in [6, 6.07) is 5.24. The number of amides is 3. The van der Waals surface area contributed by atoms with E-state index in [-0.39, 0.29) is 12.1 Å². The lowest BCUT2D eigenvalue weighted by Crippen LogP contribution is -2.51. The predicted octanol–water partition coefficient (Wildman–Crippen LogP) is 2.00. The van der Waals surface area contributed by atoms with E-state index in [9.17, 15) is 9.59 Å². The van der Waals surface area contributed by atoms with Crippen molar-refractivity contribution in [2.24, 2.45) is 0 Å². The van der Waals surface area contributed by atoms with Gasteiger partial charge in [-0.3, -0.25) is 0 Å². The number of aromatic nitrogens is 2. The number of urea groups is 1. The Bertz CT molecular complexity index is 711. The molecule has 2 heterocycles. The van der Waals surface area contributed by atoms with Crippen molar-refractivity contribution in [3.63, 3.8) is 0 Å². The van der Waals surface area contributed by atoms with E-state index in [1.807, 2.05) is 6.07 Å². The SMILES string of the molecule is CCOC(=O)N1CCN(C(=O)Nc2ccc3nsnc3c2)CC1. The highest BCUT2D eigenvalue weighted by Crippen LogP contribution is 2.17. The molecule has 0 spiro atoms. The number of ether oxygens (including phenoxy) is 1. The van der Waals surface area contributed by atoms with E-state index in [2.05, 4.69) is 14.1 Å². The number of rotatable bonds is 2. The average Bonchev–Trinajstić information content (AvgIpc) is 3.03. The summed E-state index contributed by atoms with van der Waals surface area (Å²) in [6.07, 6.45) is -0.325. The van der Waals surface area contributed by atoms with Gasteiger partial charge in [0, 0.05) is 31.9 Å². The Hall–Kier alpha value is -2.42. The van der Waals surface area contributed by atoms with Gasteiger partial charge in [0.15, 0.2) is 0 Å². The van der Waals surface area contributed by atoms with E-state index in [0.717, 1.165) is 22.8 Å². The van der Waals surface area contributed by atoms with Gasteiger partial charge in [0.2, 0.25) is 0 Å². The summed E-state index contributed by atoms with van der Waals surface area (Å²) >= 11 is 1.14. The van der Waals surface area contributed by atoms with Gasteiger partial charge >= 0.3 is 12.1 Å². The fourth-order valence-electron chi connectivity index (χ4n) is 2.37. The fraction of sp³-hybridized carbons (Fsp3) is 0.429. The monoisotopic (exact) mass is 335 g/mol. The largest absolute Gasteiger partial charge is 0.450 e. The lowest BCUT2D eigenvalue weighted by Gasteiger charge is -2.33. The molecular formula is C14H17N5O3S. The number of carbonyl (C=O) groups is 2. The van der Waals surface area contributed by atoms with E-state index in [1.54, 1.807) is 28.9 Å². The number of hydrogen-bond acceptors (Lipinski definition) is 6. The molecule has 8 nitrogen and oxygen atoms in total. The van der Waals surface area contributed by atoms with E-state index >= 15 is 0 Å². The first-order valence-electron chi connectivity index (χ1n) is 7.37. The van der Waals surface area contributed by atoms with E-state index in [1.165, 1.54) is 0 Å². The number of nitrogens with one attached hydrogen (secondary N) is 1. The third kappa shape index (κ3) is 3.50. The van der Waals surface area contributed by atoms with Crippen LogP contribution in [0.3, 0.4) is 0 Å². The van der Waals surface area contributed by atoms with Gasteiger partial charge in [0.05, 0.1) is 18.3 Å². The normalized spacial score (nSPS) is 14.8. The minimum Gasteiger partial charge on any atom is -0.450 e. The number of piperazine rings is 1. The van der Waals surface area contributed by atoms with Crippen LogP contribution < -0.4 is 5.32 Å². The first kappa shape index (κ1) is 15.5. The van der Waals surface area contributed by atoms with Gasteiger partial charge < -0.3 is 19.9 Å².